The van der Waals surface area contributed by atoms with Crippen LogP contribution >= 0.6 is 24.8 Å². The molecule has 6 nitrogen and oxygen atoms in total. The van der Waals surface area contributed by atoms with Crippen molar-refractivity contribution in [3.05, 3.63) is 12.2 Å². The number of nitrogens with one attached hydrogen (secondary N) is 1. The lowest BCUT2D eigenvalue weighted by atomic mass is 9.81. The monoisotopic (exact) mass is 323 g/mol. The van der Waals surface area contributed by atoms with Gasteiger partial charge in [-0.2, -0.15) is 0 Å². The van der Waals surface area contributed by atoms with Crippen molar-refractivity contribution in [2.45, 2.75) is 25.7 Å². The second-order valence-electron chi connectivity index (χ2n) is 4.85. The predicted octanol–water partition coefficient (Wildman–Crippen LogP) is 0.551. The first kappa shape index (κ1) is 18.9. The van der Waals surface area contributed by atoms with Gasteiger partial charge in [-0.05, 0) is 31.6 Å². The van der Waals surface area contributed by atoms with E-state index in [1.54, 1.807) is 0 Å². The zero-order chi connectivity index (χ0) is 13.1. The van der Waals surface area contributed by atoms with Gasteiger partial charge in [0.25, 0.3) is 11.8 Å². The number of carbonyl (C=O) groups is 3. The van der Waals surface area contributed by atoms with Gasteiger partial charge in [-0.25, -0.2) is 5.84 Å². The molecule has 1 saturated carbocycles. The van der Waals surface area contributed by atoms with E-state index in [2.05, 4.69) is 5.43 Å². The fourth-order valence-electron chi connectivity index (χ4n) is 2.59. The molecule has 0 radical (unpaired) electrons. The Hall–Kier alpha value is -1.11. The Morgan fingerprint density at radius 2 is 1.65 bits per heavy atom. The van der Waals surface area contributed by atoms with E-state index < -0.39 is 0 Å². The van der Waals surface area contributed by atoms with Gasteiger partial charge < -0.3 is 0 Å². The number of imide groups is 1. The summed E-state index contributed by atoms with van der Waals surface area (Å²) in [5.74, 6) is 4.77. The summed E-state index contributed by atoms with van der Waals surface area (Å²) in [6.45, 7) is 0.460. The minimum Gasteiger partial charge on any atom is -0.294 e. The highest BCUT2D eigenvalue weighted by atomic mass is 35.5. The zero-order valence-corrected chi connectivity index (χ0v) is 12.5. The summed E-state index contributed by atoms with van der Waals surface area (Å²) in [5.41, 5.74) is 2.17. The van der Waals surface area contributed by atoms with Gasteiger partial charge in [0.1, 0.15) is 0 Å². The first-order chi connectivity index (χ1) is 8.61. The van der Waals surface area contributed by atoms with E-state index in [4.69, 9.17) is 5.84 Å². The lowest BCUT2D eigenvalue weighted by molar-refractivity contribution is -0.138. The normalized spacial score (nSPS) is 24.9. The molecule has 1 heterocycles. The average molecular weight is 324 g/mol. The first-order valence-electron chi connectivity index (χ1n) is 6.16. The highest BCUT2D eigenvalue weighted by Crippen LogP contribution is 2.29. The van der Waals surface area contributed by atoms with Gasteiger partial charge in [0, 0.05) is 24.6 Å². The van der Waals surface area contributed by atoms with Crippen LogP contribution in [0, 0.1) is 11.8 Å². The van der Waals surface area contributed by atoms with Crippen LogP contribution in [0.25, 0.3) is 0 Å². The molecular formula is C12H19Cl2N3O3. The van der Waals surface area contributed by atoms with Crippen LogP contribution < -0.4 is 11.3 Å². The average Bonchev–Trinajstić information content (AvgIpc) is 2.70. The maximum atomic E-state index is 11.4. The van der Waals surface area contributed by atoms with Gasteiger partial charge in [0.2, 0.25) is 5.91 Å². The summed E-state index contributed by atoms with van der Waals surface area (Å²) in [7, 11) is 0. The Kier molecular flexibility index (Phi) is 7.78. The summed E-state index contributed by atoms with van der Waals surface area (Å²) in [6, 6.07) is 0. The van der Waals surface area contributed by atoms with E-state index in [-0.39, 0.29) is 48.5 Å². The summed E-state index contributed by atoms with van der Waals surface area (Å²) in [6.07, 6.45) is 5.81. The molecule has 3 N–H and O–H groups in total. The Morgan fingerprint density at radius 1 is 1.15 bits per heavy atom. The number of nitrogens with zero attached hydrogens (tertiary/aromatic N) is 1. The minimum absolute atomic E-state index is 0. The van der Waals surface area contributed by atoms with Gasteiger partial charge in [0.05, 0.1) is 0 Å². The molecule has 0 aromatic carbocycles. The number of halogens is 2. The SMILES string of the molecule is Cl.Cl.NNC(=O)C1CCC(CN2C(=O)C=CC2=O)CC1. The number of nitrogens with two attached hydrogens (primary N) is 1. The molecule has 114 valence electrons. The van der Waals surface area contributed by atoms with Crippen molar-refractivity contribution in [2.75, 3.05) is 6.54 Å². The molecule has 8 heteroatoms. The van der Waals surface area contributed by atoms with Gasteiger partial charge >= 0.3 is 0 Å². The molecule has 20 heavy (non-hydrogen) atoms. The smallest absolute Gasteiger partial charge is 0.253 e. The summed E-state index contributed by atoms with van der Waals surface area (Å²) in [4.78, 5) is 35.5. The first-order valence-corrected chi connectivity index (χ1v) is 6.16. The fourth-order valence-corrected chi connectivity index (χ4v) is 2.59. The predicted molar refractivity (Wildman–Crippen MR) is 78.1 cm³/mol. The molecule has 0 saturated heterocycles. The molecule has 1 fully saturated rings. The lowest BCUT2D eigenvalue weighted by Crippen LogP contribution is -2.40. The van der Waals surface area contributed by atoms with Crippen molar-refractivity contribution in [3.63, 3.8) is 0 Å². The van der Waals surface area contributed by atoms with Crippen molar-refractivity contribution in [2.24, 2.45) is 17.7 Å². The number of rotatable bonds is 3. The van der Waals surface area contributed by atoms with Crippen LogP contribution in [-0.2, 0) is 14.4 Å². The molecule has 0 atom stereocenters. The van der Waals surface area contributed by atoms with Crippen LogP contribution in [0.4, 0.5) is 0 Å². The van der Waals surface area contributed by atoms with Crippen molar-refractivity contribution in [3.8, 4) is 0 Å². The molecule has 2 rings (SSSR count). The molecule has 0 aromatic heterocycles. The highest BCUT2D eigenvalue weighted by Gasteiger charge is 2.30. The summed E-state index contributed by atoms with van der Waals surface area (Å²) in [5, 5.41) is 0. The standard InChI is InChI=1S/C12H17N3O3.2ClH/c13-14-12(18)9-3-1-8(2-4-9)7-15-10(16)5-6-11(15)17;;/h5-6,8-9H,1-4,7,13H2,(H,14,18);2*1H. The van der Waals surface area contributed by atoms with Crippen LogP contribution in [0.15, 0.2) is 12.2 Å². The van der Waals surface area contributed by atoms with Crippen LogP contribution in [0.3, 0.4) is 0 Å². The molecule has 0 bridgehead atoms. The quantitative estimate of drug-likeness (QED) is 0.343. The summed E-state index contributed by atoms with van der Waals surface area (Å²) < 4.78 is 0. The van der Waals surface area contributed by atoms with E-state index >= 15 is 0 Å². The van der Waals surface area contributed by atoms with Gasteiger partial charge in [0.15, 0.2) is 0 Å². The Morgan fingerprint density at radius 3 is 2.10 bits per heavy atom. The maximum absolute atomic E-state index is 11.4. The number of carbonyl (C=O) groups excluding carboxylic acids is 3. The van der Waals surface area contributed by atoms with Crippen LogP contribution in [0.5, 0.6) is 0 Å². The van der Waals surface area contributed by atoms with Gasteiger partial charge in [-0.15, -0.1) is 24.8 Å². The Bertz CT molecular complexity index is 389. The van der Waals surface area contributed by atoms with E-state index in [9.17, 15) is 14.4 Å². The van der Waals surface area contributed by atoms with Crippen LogP contribution in [0.2, 0.25) is 0 Å². The van der Waals surface area contributed by atoms with Crippen LogP contribution in [0.1, 0.15) is 25.7 Å². The van der Waals surface area contributed by atoms with Crippen molar-refractivity contribution in [1.82, 2.24) is 10.3 Å². The molecule has 3 amide bonds. The van der Waals surface area contributed by atoms with Crippen molar-refractivity contribution in [1.29, 1.82) is 0 Å². The minimum atomic E-state index is -0.234. The van der Waals surface area contributed by atoms with Gasteiger partial charge in [-0.3, -0.25) is 24.7 Å². The zero-order valence-electron chi connectivity index (χ0n) is 10.9. The maximum Gasteiger partial charge on any atom is 0.253 e. The third-order valence-electron chi connectivity index (χ3n) is 3.70. The van der Waals surface area contributed by atoms with Crippen LogP contribution in [-0.4, -0.2) is 29.2 Å². The Labute approximate surface area is 129 Å². The highest BCUT2D eigenvalue weighted by molar-refractivity contribution is 6.12. The molecule has 2 aliphatic rings. The largest absolute Gasteiger partial charge is 0.294 e. The van der Waals surface area contributed by atoms with E-state index in [1.165, 1.54) is 17.1 Å². The van der Waals surface area contributed by atoms with Crippen molar-refractivity contribution >= 4 is 42.5 Å². The molecule has 0 unspecified atom stereocenters. The fraction of sp³-hybridized carbons (Fsp3) is 0.583. The number of hydrogen-bond donors (Lipinski definition) is 2. The number of hydrogen-bond acceptors (Lipinski definition) is 4. The molecular weight excluding hydrogens is 305 g/mol. The molecule has 0 spiro atoms. The van der Waals surface area contributed by atoms with Crippen molar-refractivity contribution < 1.29 is 14.4 Å². The second-order valence-corrected chi connectivity index (χ2v) is 4.85. The van der Waals surface area contributed by atoms with E-state index in [0.29, 0.717) is 12.5 Å². The lowest BCUT2D eigenvalue weighted by Gasteiger charge is -2.29. The van der Waals surface area contributed by atoms with Gasteiger partial charge in [-0.1, -0.05) is 0 Å². The molecule has 1 aliphatic heterocycles. The molecule has 0 aromatic rings. The third-order valence-corrected chi connectivity index (χ3v) is 3.70. The second kappa shape index (κ2) is 8.24. The topological polar surface area (TPSA) is 92.5 Å². The molecule has 1 aliphatic carbocycles. The number of amides is 3. The number of hydrazine groups is 1. The Balaban J connectivity index is 0.00000180. The summed E-state index contributed by atoms with van der Waals surface area (Å²) >= 11 is 0. The van der Waals surface area contributed by atoms with E-state index in [1.807, 2.05) is 0 Å². The third kappa shape index (κ3) is 4.19. The van der Waals surface area contributed by atoms with E-state index in [0.717, 1.165) is 25.7 Å².